The molecule has 5 aliphatic rings. The van der Waals surface area contributed by atoms with E-state index in [0.29, 0.717) is 16.4 Å². The number of rotatable bonds is 5. The summed E-state index contributed by atoms with van der Waals surface area (Å²) in [4.78, 5) is 18.5. The fraction of sp³-hybridized carbons (Fsp3) is 0.583. The number of nitrogens with two attached hydrogens (primary N) is 1. The van der Waals surface area contributed by atoms with E-state index in [1.54, 1.807) is 6.07 Å². The molecule has 1 amide bonds. The number of carbonyl (C=O) groups is 1. The largest absolute Gasteiger partial charge is 0.402 e. The summed E-state index contributed by atoms with van der Waals surface area (Å²) in [5, 5.41) is 4.07. The summed E-state index contributed by atoms with van der Waals surface area (Å²) in [6.45, 7) is 0. The molecule has 6 heteroatoms. The van der Waals surface area contributed by atoms with Crippen LogP contribution in [-0.4, -0.2) is 17.2 Å². The Balaban J connectivity index is 1.50. The summed E-state index contributed by atoms with van der Waals surface area (Å²) in [7, 11) is 0. The summed E-state index contributed by atoms with van der Waals surface area (Å²) in [5.41, 5.74) is 10.0. The van der Waals surface area contributed by atoms with Crippen LogP contribution in [-0.2, 0) is 10.7 Å². The van der Waals surface area contributed by atoms with Crippen molar-refractivity contribution in [2.75, 3.05) is 0 Å². The number of nitrogens with zero attached hydrogens (tertiary/aromatic N) is 1. The van der Waals surface area contributed by atoms with Crippen molar-refractivity contribution in [1.82, 2.24) is 5.32 Å². The minimum atomic E-state index is -0.0766. The summed E-state index contributed by atoms with van der Waals surface area (Å²) >= 11 is 12.3. The zero-order valence-electron chi connectivity index (χ0n) is 17.2. The van der Waals surface area contributed by atoms with E-state index in [9.17, 15) is 4.79 Å². The van der Waals surface area contributed by atoms with Crippen molar-refractivity contribution in [3.63, 3.8) is 0 Å². The van der Waals surface area contributed by atoms with Gasteiger partial charge in [0.2, 0.25) is 0 Å². The second-order valence-electron chi connectivity index (χ2n) is 9.78. The van der Waals surface area contributed by atoms with Crippen LogP contribution in [0.2, 0.25) is 5.02 Å². The molecule has 0 radical (unpaired) electrons. The van der Waals surface area contributed by atoms with Crippen molar-refractivity contribution in [2.45, 2.75) is 69.2 Å². The highest BCUT2D eigenvalue weighted by atomic mass is 35.5. The lowest BCUT2D eigenvalue weighted by Crippen LogP contribution is -2.52. The molecule has 4 saturated carbocycles. The predicted molar refractivity (Wildman–Crippen MR) is 122 cm³/mol. The quantitative estimate of drug-likeness (QED) is 0.455. The average molecular weight is 446 g/mol. The van der Waals surface area contributed by atoms with Crippen molar-refractivity contribution < 1.29 is 4.79 Å². The van der Waals surface area contributed by atoms with Crippen molar-refractivity contribution in [2.24, 2.45) is 28.5 Å². The zero-order valence-corrected chi connectivity index (χ0v) is 18.7. The van der Waals surface area contributed by atoms with Crippen LogP contribution in [0.5, 0.6) is 0 Å². The summed E-state index contributed by atoms with van der Waals surface area (Å²) < 4.78 is 0. The van der Waals surface area contributed by atoms with Gasteiger partial charge in [0, 0.05) is 27.7 Å². The Kier molecular flexibility index (Phi) is 5.35. The molecule has 4 fully saturated rings. The molecular formula is C24H29Cl2N3O. The standard InChI is InChI=1S/C24H29Cl2N3O/c25-13-17-9-18(26)5-6-21(17)28-22(19-3-1-2-4-20(19)27)23(30)29-24-10-14-7-15(11-24)16(8-14)12-24/h5-6,9,14-16H,1-4,7-8,10-13,27H2,(H,29,30). The molecule has 4 bridgehead atoms. The van der Waals surface area contributed by atoms with Gasteiger partial charge in [0.1, 0.15) is 5.71 Å². The third-order valence-electron chi connectivity index (χ3n) is 7.73. The molecule has 0 aliphatic heterocycles. The first-order valence-corrected chi connectivity index (χ1v) is 12.1. The number of alkyl halides is 1. The number of aliphatic imine (C=N–C) groups is 1. The molecule has 0 heterocycles. The normalized spacial score (nSPS) is 32.7. The number of hydrogen-bond acceptors (Lipinski definition) is 3. The number of benzene rings is 1. The molecule has 160 valence electrons. The van der Waals surface area contributed by atoms with Crippen LogP contribution in [0, 0.1) is 17.8 Å². The first kappa shape index (κ1) is 20.4. The number of amides is 1. The molecule has 6 rings (SSSR count). The van der Waals surface area contributed by atoms with Gasteiger partial charge in [-0.25, -0.2) is 4.99 Å². The Morgan fingerprint density at radius 2 is 1.90 bits per heavy atom. The lowest BCUT2D eigenvalue weighted by atomic mass is 9.75. The SMILES string of the molecule is NC1=C(C(=Nc2ccc(Cl)cc2CCl)C(=O)NC23CC4CC(C2)C(C4)C3)CCCC1. The van der Waals surface area contributed by atoms with E-state index >= 15 is 0 Å². The molecule has 0 spiro atoms. The van der Waals surface area contributed by atoms with Gasteiger partial charge in [-0.3, -0.25) is 4.79 Å². The van der Waals surface area contributed by atoms with Crippen LogP contribution in [0.15, 0.2) is 34.5 Å². The molecule has 30 heavy (non-hydrogen) atoms. The highest BCUT2D eigenvalue weighted by molar-refractivity contribution is 6.46. The van der Waals surface area contributed by atoms with Gasteiger partial charge < -0.3 is 11.1 Å². The maximum absolute atomic E-state index is 13.6. The maximum atomic E-state index is 13.6. The first-order chi connectivity index (χ1) is 14.5. The highest BCUT2D eigenvalue weighted by Gasteiger charge is 2.56. The first-order valence-electron chi connectivity index (χ1n) is 11.2. The predicted octanol–water partition coefficient (Wildman–Crippen LogP) is 5.63. The summed E-state index contributed by atoms with van der Waals surface area (Å²) in [6, 6.07) is 5.45. The minimum absolute atomic E-state index is 0.0480. The molecular weight excluding hydrogens is 417 g/mol. The van der Waals surface area contributed by atoms with Crippen molar-refractivity contribution >= 4 is 40.5 Å². The Morgan fingerprint density at radius 3 is 2.57 bits per heavy atom. The summed E-state index contributed by atoms with van der Waals surface area (Å²) in [5.74, 6) is 2.58. The summed E-state index contributed by atoms with van der Waals surface area (Å²) in [6.07, 6.45) is 9.77. The Morgan fingerprint density at radius 1 is 1.17 bits per heavy atom. The Labute approximate surface area is 188 Å². The maximum Gasteiger partial charge on any atom is 0.270 e. The van der Waals surface area contributed by atoms with Gasteiger partial charge in [0.25, 0.3) is 5.91 Å². The van der Waals surface area contributed by atoms with Crippen molar-refractivity contribution in [3.05, 3.63) is 40.1 Å². The van der Waals surface area contributed by atoms with E-state index in [0.717, 1.165) is 79.5 Å². The molecule has 2 unspecified atom stereocenters. The van der Waals surface area contributed by atoms with Crippen LogP contribution in [0.3, 0.4) is 0 Å². The molecule has 0 aromatic heterocycles. The zero-order chi connectivity index (χ0) is 20.9. The van der Waals surface area contributed by atoms with Gasteiger partial charge in [-0.1, -0.05) is 11.6 Å². The lowest BCUT2D eigenvalue weighted by molar-refractivity contribution is -0.117. The van der Waals surface area contributed by atoms with E-state index in [1.165, 1.54) is 12.8 Å². The van der Waals surface area contributed by atoms with Crippen LogP contribution < -0.4 is 11.1 Å². The second-order valence-corrected chi connectivity index (χ2v) is 10.5. The molecule has 4 nitrogen and oxygen atoms in total. The molecule has 1 aromatic carbocycles. The van der Waals surface area contributed by atoms with Gasteiger partial charge in [-0.2, -0.15) is 0 Å². The van der Waals surface area contributed by atoms with Crippen molar-refractivity contribution in [1.29, 1.82) is 0 Å². The van der Waals surface area contributed by atoms with Crippen LogP contribution in [0.1, 0.15) is 63.4 Å². The lowest BCUT2D eigenvalue weighted by Gasteiger charge is -2.39. The van der Waals surface area contributed by atoms with E-state index in [2.05, 4.69) is 5.32 Å². The molecule has 0 saturated heterocycles. The van der Waals surface area contributed by atoms with E-state index in [4.69, 9.17) is 33.9 Å². The Hall–Kier alpha value is -1.52. The van der Waals surface area contributed by atoms with Crippen LogP contribution >= 0.6 is 23.2 Å². The Bertz CT molecular complexity index is 919. The van der Waals surface area contributed by atoms with Gasteiger partial charge in [0.05, 0.1) is 5.69 Å². The van der Waals surface area contributed by atoms with Gasteiger partial charge in [0.15, 0.2) is 0 Å². The molecule has 5 aliphatic carbocycles. The number of carbonyl (C=O) groups excluding carboxylic acids is 1. The minimum Gasteiger partial charge on any atom is -0.402 e. The van der Waals surface area contributed by atoms with E-state index in [-0.39, 0.29) is 17.3 Å². The van der Waals surface area contributed by atoms with Gasteiger partial charge in [-0.05, 0) is 99.3 Å². The third kappa shape index (κ3) is 3.67. The highest BCUT2D eigenvalue weighted by Crippen LogP contribution is 2.59. The monoisotopic (exact) mass is 445 g/mol. The third-order valence-corrected chi connectivity index (χ3v) is 8.26. The number of allylic oxidation sites excluding steroid dienone is 1. The number of halogens is 2. The fourth-order valence-electron chi connectivity index (χ4n) is 6.61. The average Bonchev–Trinajstić information content (AvgIpc) is 3.13. The molecule has 2 atom stereocenters. The fourth-order valence-corrected chi connectivity index (χ4v) is 7.02. The van der Waals surface area contributed by atoms with Crippen LogP contribution in [0.4, 0.5) is 5.69 Å². The van der Waals surface area contributed by atoms with E-state index in [1.807, 2.05) is 12.1 Å². The van der Waals surface area contributed by atoms with Crippen LogP contribution in [0.25, 0.3) is 0 Å². The number of hydrogen-bond donors (Lipinski definition) is 2. The molecule has 3 N–H and O–H groups in total. The van der Waals surface area contributed by atoms with Gasteiger partial charge >= 0.3 is 0 Å². The molecule has 1 aromatic rings. The smallest absolute Gasteiger partial charge is 0.270 e. The van der Waals surface area contributed by atoms with Gasteiger partial charge in [-0.15, -0.1) is 11.6 Å². The van der Waals surface area contributed by atoms with Crippen molar-refractivity contribution in [3.8, 4) is 0 Å². The van der Waals surface area contributed by atoms with E-state index < -0.39 is 0 Å². The number of nitrogens with one attached hydrogen (secondary N) is 1. The topological polar surface area (TPSA) is 67.5 Å². The second kappa shape index (κ2) is 7.87.